The van der Waals surface area contributed by atoms with Crippen molar-refractivity contribution in [2.45, 2.75) is 63.6 Å². The average molecular weight is 854 g/mol. The summed E-state index contributed by atoms with van der Waals surface area (Å²) in [6.45, 7) is 11.7. The summed E-state index contributed by atoms with van der Waals surface area (Å²) in [6.07, 6.45) is 8.45. The van der Waals surface area contributed by atoms with Gasteiger partial charge < -0.3 is 34.4 Å². The zero-order valence-electron chi connectivity index (χ0n) is 36.3. The van der Waals surface area contributed by atoms with Crippen molar-refractivity contribution in [2.75, 3.05) is 107 Å². The molecule has 328 valence electrons. The maximum atomic E-state index is 14.2. The van der Waals surface area contributed by atoms with Crippen LogP contribution in [0.1, 0.15) is 77.8 Å². The highest BCUT2D eigenvalue weighted by atomic mass is 32.2. The van der Waals surface area contributed by atoms with Crippen LogP contribution < -0.4 is 29.9 Å². The number of likely N-dealkylation sites (tertiary alicyclic amines) is 1. The first-order valence-corrected chi connectivity index (χ1v) is 23.4. The number of nitrogens with zero attached hydrogens (tertiary/aromatic N) is 5. The minimum atomic E-state index is -0.373. The van der Waals surface area contributed by atoms with E-state index in [1.165, 1.54) is 37.9 Å². The summed E-state index contributed by atoms with van der Waals surface area (Å²) in [5, 5.41) is 5.69. The molecule has 7 rings (SSSR count). The molecule has 0 saturated carbocycles. The predicted molar refractivity (Wildman–Crippen MR) is 244 cm³/mol. The fourth-order valence-corrected chi connectivity index (χ4v) is 10.2. The topological polar surface area (TPSA) is 127 Å². The number of hydrogen-bond donors (Lipinski definition) is 2. The Kier molecular flexibility index (Phi) is 15.1. The molecule has 61 heavy (non-hydrogen) atoms. The first-order chi connectivity index (χ1) is 29.7. The van der Waals surface area contributed by atoms with E-state index < -0.39 is 0 Å². The summed E-state index contributed by atoms with van der Waals surface area (Å²) in [6, 6.07) is 19.8. The SMILES string of the molecule is CCOc1cc(C(CSC)N(C)C(=O)c2cc(N3CCN(C4CCN(CC5CCN(c6ccc(NC7CCC(=O)NC7=O)cc6)CC5)CC4)CC3)ccc2C=O)ccc1OC. The number of carbonyl (C=O) groups excluding carboxylic acids is 4. The molecule has 4 fully saturated rings. The number of nitrogens with one attached hydrogen (secondary N) is 2. The Balaban J connectivity index is 0.863. The Bertz CT molecular complexity index is 1980. The van der Waals surface area contributed by atoms with Crippen LogP contribution in [-0.2, 0) is 9.59 Å². The van der Waals surface area contributed by atoms with E-state index in [9.17, 15) is 19.2 Å². The molecule has 2 unspecified atom stereocenters. The zero-order valence-corrected chi connectivity index (χ0v) is 37.1. The Morgan fingerprint density at radius 2 is 1.59 bits per heavy atom. The number of imide groups is 1. The first-order valence-electron chi connectivity index (χ1n) is 22.0. The van der Waals surface area contributed by atoms with Crippen molar-refractivity contribution in [3.05, 3.63) is 77.4 Å². The smallest absolute Gasteiger partial charge is 0.254 e. The van der Waals surface area contributed by atoms with Gasteiger partial charge in [-0.2, -0.15) is 11.8 Å². The number of carbonyl (C=O) groups is 4. The van der Waals surface area contributed by atoms with Crippen molar-refractivity contribution < 1.29 is 28.7 Å². The van der Waals surface area contributed by atoms with E-state index in [-0.39, 0.29) is 29.8 Å². The fraction of sp³-hybridized carbons (Fsp3) is 0.532. The Morgan fingerprint density at radius 1 is 0.885 bits per heavy atom. The van der Waals surface area contributed by atoms with Gasteiger partial charge in [-0.1, -0.05) is 6.07 Å². The number of piperidine rings is 3. The number of aldehydes is 1. The van der Waals surface area contributed by atoms with Gasteiger partial charge >= 0.3 is 0 Å². The Morgan fingerprint density at radius 3 is 2.25 bits per heavy atom. The highest BCUT2D eigenvalue weighted by molar-refractivity contribution is 7.98. The number of amides is 3. The quantitative estimate of drug-likeness (QED) is 0.134. The molecule has 3 amide bonds. The van der Waals surface area contributed by atoms with Crippen molar-refractivity contribution >= 4 is 52.8 Å². The Hall–Kier alpha value is -4.79. The highest BCUT2D eigenvalue weighted by Crippen LogP contribution is 2.35. The number of anilines is 3. The van der Waals surface area contributed by atoms with E-state index >= 15 is 0 Å². The van der Waals surface area contributed by atoms with Gasteiger partial charge in [0.15, 0.2) is 17.8 Å². The van der Waals surface area contributed by atoms with E-state index in [4.69, 9.17) is 9.47 Å². The number of methoxy groups -OCH3 is 1. The maximum Gasteiger partial charge on any atom is 0.254 e. The molecule has 0 spiro atoms. The molecule has 14 heteroatoms. The molecule has 4 heterocycles. The molecular formula is C47H63N7O6S. The van der Waals surface area contributed by atoms with Crippen LogP contribution in [0.4, 0.5) is 17.1 Å². The first kappa shape index (κ1) is 44.3. The van der Waals surface area contributed by atoms with Crippen LogP contribution in [0.3, 0.4) is 0 Å². The lowest BCUT2D eigenvalue weighted by Crippen LogP contribution is -2.53. The van der Waals surface area contributed by atoms with Crippen molar-refractivity contribution in [2.24, 2.45) is 5.92 Å². The molecule has 3 aromatic carbocycles. The van der Waals surface area contributed by atoms with Gasteiger partial charge in [0.2, 0.25) is 11.8 Å². The van der Waals surface area contributed by atoms with Crippen molar-refractivity contribution in [3.63, 3.8) is 0 Å². The second-order valence-electron chi connectivity index (χ2n) is 16.8. The van der Waals surface area contributed by atoms with Crippen molar-refractivity contribution in [3.8, 4) is 11.5 Å². The molecule has 0 aliphatic carbocycles. The van der Waals surface area contributed by atoms with E-state index in [1.807, 2.05) is 62.7 Å². The van der Waals surface area contributed by atoms with Crippen LogP contribution in [0.25, 0.3) is 0 Å². The number of piperazine rings is 1. The van der Waals surface area contributed by atoms with Crippen LogP contribution in [0.2, 0.25) is 0 Å². The largest absolute Gasteiger partial charge is 0.493 e. The second-order valence-corrected chi connectivity index (χ2v) is 17.7. The highest BCUT2D eigenvalue weighted by Gasteiger charge is 2.31. The molecule has 4 aliphatic heterocycles. The van der Waals surface area contributed by atoms with E-state index in [1.54, 1.807) is 29.8 Å². The summed E-state index contributed by atoms with van der Waals surface area (Å²) in [4.78, 5) is 62.0. The normalized spacial score (nSPS) is 20.2. The molecule has 4 aliphatic rings. The molecule has 0 bridgehead atoms. The van der Waals surface area contributed by atoms with Crippen LogP contribution >= 0.6 is 11.8 Å². The number of thioether (sulfide) groups is 1. The molecule has 0 aromatic heterocycles. The molecule has 2 N–H and O–H groups in total. The van der Waals surface area contributed by atoms with Crippen molar-refractivity contribution in [1.29, 1.82) is 0 Å². The summed E-state index contributed by atoms with van der Waals surface area (Å²) in [7, 11) is 3.44. The van der Waals surface area contributed by atoms with Gasteiger partial charge in [-0.05, 0) is 124 Å². The minimum Gasteiger partial charge on any atom is -0.493 e. The Labute approximate surface area is 365 Å². The van der Waals surface area contributed by atoms with Crippen LogP contribution in [-0.4, -0.2) is 142 Å². The predicted octanol–water partition coefficient (Wildman–Crippen LogP) is 5.80. The van der Waals surface area contributed by atoms with E-state index in [0.29, 0.717) is 59.8 Å². The third kappa shape index (κ3) is 10.8. The van der Waals surface area contributed by atoms with Gasteiger partial charge in [0.1, 0.15) is 6.04 Å². The van der Waals surface area contributed by atoms with E-state index in [2.05, 4.69) is 42.4 Å². The molecule has 0 radical (unpaired) electrons. The van der Waals surface area contributed by atoms with E-state index in [0.717, 1.165) is 75.6 Å². The van der Waals surface area contributed by atoms with Crippen LogP contribution in [0.15, 0.2) is 60.7 Å². The zero-order chi connectivity index (χ0) is 42.9. The van der Waals surface area contributed by atoms with Gasteiger partial charge in [-0.3, -0.25) is 29.4 Å². The molecule has 4 saturated heterocycles. The average Bonchev–Trinajstić information content (AvgIpc) is 3.29. The number of hydrogen-bond acceptors (Lipinski definition) is 12. The number of ether oxygens (including phenoxy) is 2. The van der Waals surface area contributed by atoms with Gasteiger partial charge in [0, 0.05) is 93.7 Å². The van der Waals surface area contributed by atoms with Crippen molar-refractivity contribution in [1.82, 2.24) is 20.0 Å². The monoisotopic (exact) mass is 853 g/mol. The molecule has 13 nitrogen and oxygen atoms in total. The lowest BCUT2D eigenvalue weighted by atomic mass is 9.94. The molecular weight excluding hydrogens is 791 g/mol. The number of benzene rings is 3. The minimum absolute atomic E-state index is 0.180. The fourth-order valence-electron chi connectivity index (χ4n) is 9.47. The second kappa shape index (κ2) is 20.9. The van der Waals surface area contributed by atoms with Gasteiger partial charge in [-0.25, -0.2) is 0 Å². The molecule has 2 atom stereocenters. The summed E-state index contributed by atoms with van der Waals surface area (Å²) in [5.41, 5.74) is 4.86. The van der Waals surface area contributed by atoms with Gasteiger partial charge in [-0.15, -0.1) is 0 Å². The molecule has 3 aromatic rings. The standard InChI is InChI=1S/C47H63N7O6S/c1-5-60-44-28-34(7-14-43(44)59-3)42(32-61-4)50(2)47(58)40-29-39(10-6-35(40)31-55)54-26-24-53(25-27-54)38-18-20-51(21-19-38)30-33-16-22-52(23-17-33)37-11-8-36(9-12-37)48-41-13-15-45(56)49-46(41)57/h6-12,14,28-29,31,33,38,41-42,48H,5,13,15-27,30,32H2,1-4H3,(H,49,56,57). The van der Waals surface area contributed by atoms with Crippen LogP contribution in [0, 0.1) is 5.92 Å². The lowest BCUT2D eigenvalue weighted by molar-refractivity contribution is -0.133. The van der Waals surface area contributed by atoms with Gasteiger partial charge in [0.25, 0.3) is 5.91 Å². The number of rotatable bonds is 16. The summed E-state index contributed by atoms with van der Waals surface area (Å²) < 4.78 is 11.3. The lowest BCUT2D eigenvalue weighted by Gasteiger charge is -2.44. The van der Waals surface area contributed by atoms with Gasteiger partial charge in [0.05, 0.1) is 25.3 Å². The maximum absolute atomic E-state index is 14.2. The van der Waals surface area contributed by atoms with Crippen LogP contribution in [0.5, 0.6) is 11.5 Å². The summed E-state index contributed by atoms with van der Waals surface area (Å²) in [5.74, 6) is 2.06. The third-order valence-corrected chi connectivity index (χ3v) is 13.7. The summed E-state index contributed by atoms with van der Waals surface area (Å²) >= 11 is 1.67. The third-order valence-electron chi connectivity index (χ3n) is 13.1.